The van der Waals surface area contributed by atoms with Gasteiger partial charge in [-0.25, -0.2) is 0 Å². The van der Waals surface area contributed by atoms with E-state index in [1.54, 1.807) is 31.4 Å². The molecule has 0 saturated carbocycles. The fourth-order valence-electron chi connectivity index (χ4n) is 2.16. The Hall–Kier alpha value is -3.02. The molecule has 2 rings (SSSR count). The Morgan fingerprint density at radius 3 is 2.46 bits per heavy atom. The van der Waals surface area contributed by atoms with E-state index in [9.17, 15) is 9.59 Å². The third-order valence-electron chi connectivity index (χ3n) is 3.42. The average Bonchev–Trinajstić information content (AvgIpc) is 2.60. The fourth-order valence-corrected chi connectivity index (χ4v) is 2.16. The van der Waals surface area contributed by atoms with Crippen LogP contribution in [0.4, 0.5) is 0 Å². The molecule has 2 aromatic carbocycles. The minimum Gasteiger partial charge on any atom is -0.496 e. The summed E-state index contributed by atoms with van der Waals surface area (Å²) in [6.07, 6.45) is 0.670. The topological polar surface area (TPSA) is 90.7 Å². The predicted molar refractivity (Wildman–Crippen MR) is 90.2 cm³/mol. The van der Waals surface area contributed by atoms with Crippen molar-refractivity contribution in [1.29, 1.82) is 0 Å². The number of primary amides is 1. The third-order valence-corrected chi connectivity index (χ3v) is 3.42. The minimum absolute atomic E-state index is 0.0954. The minimum atomic E-state index is -0.504. The summed E-state index contributed by atoms with van der Waals surface area (Å²) in [5.74, 6) is 0.580. The summed E-state index contributed by atoms with van der Waals surface area (Å²) < 4.78 is 10.6. The van der Waals surface area contributed by atoms with Gasteiger partial charge >= 0.3 is 0 Å². The zero-order chi connectivity index (χ0) is 17.4. The van der Waals surface area contributed by atoms with E-state index in [0.717, 1.165) is 11.3 Å². The second-order valence-corrected chi connectivity index (χ2v) is 5.09. The summed E-state index contributed by atoms with van der Waals surface area (Å²) in [5.41, 5.74) is 6.58. The molecule has 126 valence electrons. The van der Waals surface area contributed by atoms with Gasteiger partial charge in [0.1, 0.15) is 11.5 Å². The van der Waals surface area contributed by atoms with E-state index in [4.69, 9.17) is 15.2 Å². The van der Waals surface area contributed by atoms with Crippen LogP contribution in [0.2, 0.25) is 0 Å². The molecule has 0 unspecified atom stereocenters. The van der Waals surface area contributed by atoms with Crippen molar-refractivity contribution in [1.82, 2.24) is 5.32 Å². The van der Waals surface area contributed by atoms with Crippen LogP contribution >= 0.6 is 0 Å². The molecule has 0 fully saturated rings. The van der Waals surface area contributed by atoms with Crippen molar-refractivity contribution in [2.75, 3.05) is 20.3 Å². The first-order valence-electron chi connectivity index (χ1n) is 7.51. The van der Waals surface area contributed by atoms with Crippen LogP contribution in [0.3, 0.4) is 0 Å². The van der Waals surface area contributed by atoms with Crippen LogP contribution < -0.4 is 20.5 Å². The summed E-state index contributed by atoms with van der Waals surface area (Å²) in [4.78, 5) is 22.8. The monoisotopic (exact) mass is 328 g/mol. The number of amides is 2. The Labute approximate surface area is 140 Å². The van der Waals surface area contributed by atoms with Crippen molar-refractivity contribution in [3.8, 4) is 11.5 Å². The highest BCUT2D eigenvalue weighted by Gasteiger charge is 2.06. The summed E-state index contributed by atoms with van der Waals surface area (Å²) in [6, 6.07) is 14.0. The number of hydrogen-bond acceptors (Lipinski definition) is 4. The maximum absolute atomic E-state index is 11.8. The average molecular weight is 328 g/mol. The number of methoxy groups -OCH3 is 1. The van der Waals surface area contributed by atoms with Crippen LogP contribution in [0.1, 0.15) is 15.9 Å². The molecule has 0 heterocycles. The lowest BCUT2D eigenvalue weighted by molar-refractivity contribution is -0.123. The molecular formula is C18H20N2O4. The normalized spacial score (nSPS) is 10.0. The zero-order valence-corrected chi connectivity index (χ0v) is 13.5. The Morgan fingerprint density at radius 2 is 1.79 bits per heavy atom. The van der Waals surface area contributed by atoms with E-state index in [1.807, 2.05) is 24.3 Å². The van der Waals surface area contributed by atoms with Crippen molar-refractivity contribution >= 4 is 11.8 Å². The number of benzene rings is 2. The van der Waals surface area contributed by atoms with Crippen LogP contribution in [-0.4, -0.2) is 32.1 Å². The van der Waals surface area contributed by atoms with Crippen LogP contribution in [0.5, 0.6) is 11.5 Å². The standard InChI is InChI=1S/C18H20N2O4/c1-23-16-5-3-2-4-13(16)10-11-20-17(21)12-24-15-8-6-14(7-9-15)18(19)22/h2-9H,10-12H2,1H3,(H2,19,22)(H,20,21). The quantitative estimate of drug-likeness (QED) is 0.769. The molecule has 0 saturated heterocycles. The Morgan fingerprint density at radius 1 is 1.08 bits per heavy atom. The molecule has 0 aliphatic carbocycles. The summed E-state index contributed by atoms with van der Waals surface area (Å²) in [7, 11) is 1.62. The molecule has 3 N–H and O–H groups in total. The van der Waals surface area contributed by atoms with Crippen molar-refractivity contribution in [2.45, 2.75) is 6.42 Å². The Bertz CT molecular complexity index is 698. The van der Waals surface area contributed by atoms with E-state index < -0.39 is 5.91 Å². The lowest BCUT2D eigenvalue weighted by Gasteiger charge is -2.10. The van der Waals surface area contributed by atoms with Crippen LogP contribution in [0.15, 0.2) is 48.5 Å². The highest BCUT2D eigenvalue weighted by molar-refractivity contribution is 5.92. The van der Waals surface area contributed by atoms with Gasteiger partial charge in [0.05, 0.1) is 7.11 Å². The molecule has 2 amide bonds. The van der Waals surface area contributed by atoms with Gasteiger partial charge in [0, 0.05) is 12.1 Å². The van der Waals surface area contributed by atoms with Gasteiger partial charge in [-0.1, -0.05) is 18.2 Å². The fraction of sp³-hybridized carbons (Fsp3) is 0.222. The molecule has 24 heavy (non-hydrogen) atoms. The van der Waals surface area contributed by atoms with Gasteiger partial charge in [0.2, 0.25) is 5.91 Å². The Kier molecular flexibility index (Phi) is 6.19. The van der Waals surface area contributed by atoms with Crippen LogP contribution in [0, 0.1) is 0 Å². The lowest BCUT2D eigenvalue weighted by Crippen LogP contribution is -2.30. The van der Waals surface area contributed by atoms with Gasteiger partial charge in [-0.2, -0.15) is 0 Å². The van der Waals surface area contributed by atoms with E-state index in [1.165, 1.54) is 0 Å². The SMILES string of the molecule is COc1ccccc1CCNC(=O)COc1ccc(C(N)=O)cc1. The second-order valence-electron chi connectivity index (χ2n) is 5.09. The number of nitrogens with one attached hydrogen (secondary N) is 1. The van der Waals surface area contributed by atoms with Crippen molar-refractivity contribution < 1.29 is 19.1 Å². The summed E-state index contributed by atoms with van der Waals surface area (Å²) >= 11 is 0. The van der Waals surface area contributed by atoms with Gasteiger partial charge < -0.3 is 20.5 Å². The maximum Gasteiger partial charge on any atom is 0.257 e. The van der Waals surface area contributed by atoms with E-state index in [0.29, 0.717) is 24.3 Å². The summed E-state index contributed by atoms with van der Waals surface area (Å²) in [5, 5.41) is 2.79. The number of rotatable bonds is 8. The molecule has 0 atom stereocenters. The van der Waals surface area contributed by atoms with Crippen molar-refractivity contribution in [3.05, 3.63) is 59.7 Å². The highest BCUT2D eigenvalue weighted by atomic mass is 16.5. The second kappa shape index (κ2) is 8.57. The number of hydrogen-bond donors (Lipinski definition) is 2. The van der Waals surface area contributed by atoms with Gasteiger partial charge in [0.25, 0.3) is 5.91 Å². The molecule has 6 nitrogen and oxygen atoms in total. The smallest absolute Gasteiger partial charge is 0.257 e. The first-order chi connectivity index (χ1) is 11.6. The molecule has 0 radical (unpaired) electrons. The number of nitrogens with two attached hydrogens (primary N) is 1. The van der Waals surface area contributed by atoms with Crippen LogP contribution in [0.25, 0.3) is 0 Å². The van der Waals surface area contributed by atoms with Crippen molar-refractivity contribution in [2.24, 2.45) is 5.73 Å². The van der Waals surface area contributed by atoms with E-state index >= 15 is 0 Å². The third kappa shape index (κ3) is 5.01. The molecule has 6 heteroatoms. The number of carbonyl (C=O) groups excluding carboxylic acids is 2. The number of ether oxygens (including phenoxy) is 2. The predicted octanol–water partition coefficient (Wildman–Crippen LogP) is 1.53. The van der Waals surface area contributed by atoms with Crippen LogP contribution in [-0.2, 0) is 11.2 Å². The first kappa shape index (κ1) is 17.3. The molecule has 0 aliphatic heterocycles. The van der Waals surface area contributed by atoms with E-state index in [-0.39, 0.29) is 12.5 Å². The highest BCUT2D eigenvalue weighted by Crippen LogP contribution is 2.17. The number of para-hydroxylation sites is 1. The van der Waals surface area contributed by atoms with E-state index in [2.05, 4.69) is 5.32 Å². The molecule has 0 bridgehead atoms. The maximum atomic E-state index is 11.8. The van der Waals surface area contributed by atoms with Crippen molar-refractivity contribution in [3.63, 3.8) is 0 Å². The first-order valence-corrected chi connectivity index (χ1v) is 7.51. The van der Waals surface area contributed by atoms with Gasteiger partial charge in [-0.15, -0.1) is 0 Å². The molecule has 0 spiro atoms. The summed E-state index contributed by atoms with van der Waals surface area (Å²) in [6.45, 7) is 0.394. The van der Waals surface area contributed by atoms with Gasteiger partial charge in [-0.05, 0) is 42.3 Å². The molecular weight excluding hydrogens is 308 g/mol. The molecule has 2 aromatic rings. The molecule has 0 aliphatic rings. The lowest BCUT2D eigenvalue weighted by atomic mass is 10.1. The van der Waals surface area contributed by atoms with Gasteiger partial charge in [-0.3, -0.25) is 9.59 Å². The largest absolute Gasteiger partial charge is 0.496 e. The number of carbonyl (C=O) groups is 2. The Balaban J connectivity index is 1.74. The molecule has 0 aromatic heterocycles. The zero-order valence-electron chi connectivity index (χ0n) is 13.5. The van der Waals surface area contributed by atoms with Gasteiger partial charge in [0.15, 0.2) is 6.61 Å².